The largest absolute Gasteiger partial charge is 0.368 e. The van der Waals surface area contributed by atoms with Crippen LogP contribution in [0.15, 0.2) is 42.5 Å². The van der Waals surface area contributed by atoms with E-state index >= 15 is 0 Å². The average molecular weight is 376 g/mol. The zero-order valence-electron chi connectivity index (χ0n) is 15.1. The number of amides is 1. The molecule has 0 aromatic heterocycles. The molecule has 1 fully saturated rings. The third kappa shape index (κ3) is 4.17. The van der Waals surface area contributed by atoms with Gasteiger partial charge in [-0.25, -0.2) is 4.39 Å². The molecule has 0 saturated carbocycles. The molecule has 4 nitrogen and oxygen atoms in total. The van der Waals surface area contributed by atoms with Gasteiger partial charge in [0.1, 0.15) is 5.82 Å². The number of benzene rings is 2. The molecule has 1 amide bonds. The van der Waals surface area contributed by atoms with E-state index in [2.05, 4.69) is 34.1 Å². The second-order valence-electron chi connectivity index (χ2n) is 6.78. The molecule has 1 aliphatic heterocycles. The molecule has 0 bridgehead atoms. The summed E-state index contributed by atoms with van der Waals surface area (Å²) in [6.07, 6.45) is 0. The third-order valence-corrected chi connectivity index (χ3v) is 4.83. The van der Waals surface area contributed by atoms with Gasteiger partial charge < -0.3 is 14.7 Å². The molecule has 138 valence electrons. The van der Waals surface area contributed by atoms with Crippen LogP contribution >= 0.6 is 11.6 Å². The lowest BCUT2D eigenvalue weighted by Crippen LogP contribution is -2.49. The number of piperazine rings is 1. The van der Waals surface area contributed by atoms with E-state index in [1.807, 2.05) is 14.1 Å². The summed E-state index contributed by atoms with van der Waals surface area (Å²) in [6, 6.07) is 12.8. The third-order valence-electron chi connectivity index (χ3n) is 4.52. The lowest BCUT2D eigenvalue weighted by molar-refractivity contribution is 0.0742. The highest BCUT2D eigenvalue weighted by atomic mass is 35.5. The van der Waals surface area contributed by atoms with Gasteiger partial charge in [-0.3, -0.25) is 4.79 Å². The van der Waals surface area contributed by atoms with Crippen molar-refractivity contribution >= 4 is 23.2 Å². The molecule has 0 aliphatic carbocycles. The second-order valence-corrected chi connectivity index (χ2v) is 7.19. The molecule has 0 atom stereocenters. The van der Waals surface area contributed by atoms with Gasteiger partial charge in [0.15, 0.2) is 0 Å². The van der Waals surface area contributed by atoms with Gasteiger partial charge in [-0.05, 0) is 43.9 Å². The summed E-state index contributed by atoms with van der Waals surface area (Å²) >= 11 is 6.03. The summed E-state index contributed by atoms with van der Waals surface area (Å²) in [6.45, 7) is 3.40. The first-order valence-corrected chi connectivity index (χ1v) is 9.05. The quantitative estimate of drug-likeness (QED) is 0.818. The molecule has 0 unspecified atom stereocenters. The van der Waals surface area contributed by atoms with E-state index < -0.39 is 5.82 Å². The SMILES string of the molecule is CN(C)Cc1cccc(N2CCN(C(=O)c3c(F)cccc3Cl)CC2)c1. The monoisotopic (exact) mass is 375 g/mol. The minimum absolute atomic E-state index is 0.0319. The molecular weight excluding hydrogens is 353 g/mol. The van der Waals surface area contributed by atoms with Crippen molar-refractivity contribution < 1.29 is 9.18 Å². The highest BCUT2D eigenvalue weighted by molar-refractivity contribution is 6.33. The number of rotatable bonds is 4. The summed E-state index contributed by atoms with van der Waals surface area (Å²) in [5.41, 5.74) is 2.38. The molecule has 26 heavy (non-hydrogen) atoms. The summed E-state index contributed by atoms with van der Waals surface area (Å²) < 4.78 is 14.0. The summed E-state index contributed by atoms with van der Waals surface area (Å²) in [5.74, 6) is -0.907. The van der Waals surface area contributed by atoms with Crippen LogP contribution in [0.2, 0.25) is 5.02 Å². The van der Waals surface area contributed by atoms with Crippen LogP contribution in [0.3, 0.4) is 0 Å². The molecule has 1 heterocycles. The first-order chi connectivity index (χ1) is 12.5. The molecule has 3 rings (SSSR count). The highest BCUT2D eigenvalue weighted by Crippen LogP contribution is 2.23. The Bertz CT molecular complexity index is 768. The van der Waals surface area contributed by atoms with Crippen LogP contribution in [0, 0.1) is 5.82 Å². The van der Waals surface area contributed by atoms with Crippen LogP contribution in [0.1, 0.15) is 15.9 Å². The van der Waals surface area contributed by atoms with E-state index in [1.165, 1.54) is 17.7 Å². The molecule has 2 aromatic rings. The Morgan fingerprint density at radius 1 is 1.12 bits per heavy atom. The molecule has 0 radical (unpaired) electrons. The zero-order chi connectivity index (χ0) is 18.7. The van der Waals surface area contributed by atoms with Crippen molar-refractivity contribution in [1.82, 2.24) is 9.80 Å². The minimum Gasteiger partial charge on any atom is -0.368 e. The highest BCUT2D eigenvalue weighted by Gasteiger charge is 2.26. The molecule has 1 aliphatic rings. The van der Waals surface area contributed by atoms with Crippen molar-refractivity contribution in [3.8, 4) is 0 Å². The summed E-state index contributed by atoms with van der Waals surface area (Å²) in [7, 11) is 4.09. The fraction of sp³-hybridized carbons (Fsp3) is 0.350. The van der Waals surface area contributed by atoms with Gasteiger partial charge in [0.2, 0.25) is 0 Å². The Labute approximate surface area is 158 Å². The minimum atomic E-state index is -0.568. The maximum Gasteiger partial charge on any atom is 0.258 e. The van der Waals surface area contributed by atoms with Crippen LogP contribution in [0.5, 0.6) is 0 Å². The number of anilines is 1. The predicted octanol–water partition coefficient (Wildman–Crippen LogP) is 3.50. The Kier molecular flexibility index (Phi) is 5.79. The number of carbonyl (C=O) groups is 1. The van der Waals surface area contributed by atoms with E-state index in [1.54, 1.807) is 11.0 Å². The summed E-state index contributed by atoms with van der Waals surface area (Å²) in [5, 5.41) is 0.161. The van der Waals surface area contributed by atoms with Crippen LogP contribution in [-0.2, 0) is 6.54 Å². The van der Waals surface area contributed by atoms with Gasteiger partial charge in [-0.15, -0.1) is 0 Å². The number of hydrogen-bond acceptors (Lipinski definition) is 3. The average Bonchev–Trinajstić information content (AvgIpc) is 2.61. The first kappa shape index (κ1) is 18.7. The van der Waals surface area contributed by atoms with Gasteiger partial charge in [-0.2, -0.15) is 0 Å². The van der Waals surface area contributed by atoms with E-state index in [4.69, 9.17) is 11.6 Å². The van der Waals surface area contributed by atoms with Gasteiger partial charge in [-0.1, -0.05) is 29.8 Å². The molecule has 6 heteroatoms. The normalized spacial score (nSPS) is 14.8. The van der Waals surface area contributed by atoms with Crippen LogP contribution in [-0.4, -0.2) is 56.0 Å². The molecular formula is C20H23ClFN3O. The molecule has 0 spiro atoms. The van der Waals surface area contributed by atoms with Crippen molar-refractivity contribution in [3.05, 3.63) is 64.4 Å². The second kappa shape index (κ2) is 8.06. The van der Waals surface area contributed by atoms with Crippen LogP contribution in [0.25, 0.3) is 0 Å². The lowest BCUT2D eigenvalue weighted by atomic mass is 10.1. The Balaban J connectivity index is 1.67. The molecule has 0 N–H and O–H groups in total. The van der Waals surface area contributed by atoms with E-state index in [0.717, 1.165) is 12.2 Å². The lowest BCUT2D eigenvalue weighted by Gasteiger charge is -2.36. The van der Waals surface area contributed by atoms with E-state index in [-0.39, 0.29) is 16.5 Å². The fourth-order valence-corrected chi connectivity index (χ4v) is 3.49. The maximum atomic E-state index is 14.0. The predicted molar refractivity (Wildman–Crippen MR) is 103 cm³/mol. The van der Waals surface area contributed by atoms with E-state index in [0.29, 0.717) is 26.2 Å². The number of hydrogen-bond donors (Lipinski definition) is 0. The van der Waals surface area contributed by atoms with Gasteiger partial charge >= 0.3 is 0 Å². The van der Waals surface area contributed by atoms with Crippen LogP contribution in [0.4, 0.5) is 10.1 Å². The van der Waals surface area contributed by atoms with Gasteiger partial charge in [0, 0.05) is 38.4 Å². The number of carbonyl (C=O) groups excluding carboxylic acids is 1. The van der Waals surface area contributed by atoms with Gasteiger partial charge in [0.05, 0.1) is 10.6 Å². The first-order valence-electron chi connectivity index (χ1n) is 8.67. The van der Waals surface area contributed by atoms with Crippen molar-refractivity contribution in [3.63, 3.8) is 0 Å². The standard InChI is InChI=1S/C20H23ClFN3O/c1-23(2)14-15-5-3-6-16(13-15)24-9-11-25(12-10-24)20(26)19-17(21)7-4-8-18(19)22/h3-8,13H,9-12,14H2,1-2H3. The van der Waals surface area contributed by atoms with Crippen LogP contribution < -0.4 is 4.90 Å². The Morgan fingerprint density at radius 2 is 1.81 bits per heavy atom. The van der Waals surface area contributed by atoms with Crippen molar-refractivity contribution in [2.45, 2.75) is 6.54 Å². The van der Waals surface area contributed by atoms with Crippen molar-refractivity contribution in [2.24, 2.45) is 0 Å². The molecule has 2 aromatic carbocycles. The maximum absolute atomic E-state index is 14.0. The van der Waals surface area contributed by atoms with Gasteiger partial charge in [0.25, 0.3) is 5.91 Å². The van der Waals surface area contributed by atoms with Crippen molar-refractivity contribution in [1.29, 1.82) is 0 Å². The Morgan fingerprint density at radius 3 is 2.46 bits per heavy atom. The topological polar surface area (TPSA) is 26.8 Å². The number of halogens is 2. The van der Waals surface area contributed by atoms with E-state index in [9.17, 15) is 9.18 Å². The smallest absolute Gasteiger partial charge is 0.258 e. The number of nitrogens with zero attached hydrogens (tertiary/aromatic N) is 3. The summed E-state index contributed by atoms with van der Waals surface area (Å²) in [4.78, 5) is 18.7. The Hall–Kier alpha value is -2.11. The zero-order valence-corrected chi connectivity index (χ0v) is 15.8. The van der Waals surface area contributed by atoms with Crippen molar-refractivity contribution in [2.75, 3.05) is 45.2 Å². The fourth-order valence-electron chi connectivity index (χ4n) is 3.24. The molecule has 1 saturated heterocycles.